The Balaban J connectivity index is 1.54. The van der Waals surface area contributed by atoms with Crippen LogP contribution < -0.4 is 20.3 Å². The summed E-state index contributed by atoms with van der Waals surface area (Å²) >= 11 is 5.98. The third-order valence-corrected chi connectivity index (χ3v) is 4.84. The Morgan fingerprint density at radius 1 is 1.27 bits per heavy atom. The molecule has 1 aliphatic heterocycles. The normalized spacial score (nSPS) is 13.1. The lowest BCUT2D eigenvalue weighted by molar-refractivity contribution is 0.252. The van der Waals surface area contributed by atoms with Crippen LogP contribution in [0.15, 0.2) is 36.4 Å². The molecule has 2 N–H and O–H groups in total. The number of fused-ring (bicyclic) bond motifs is 1. The molecule has 3 rings (SSSR count). The van der Waals surface area contributed by atoms with Gasteiger partial charge in [0, 0.05) is 30.8 Å². The van der Waals surface area contributed by atoms with Crippen LogP contribution in [0.5, 0.6) is 5.75 Å². The van der Waals surface area contributed by atoms with Crippen molar-refractivity contribution in [3.63, 3.8) is 0 Å². The van der Waals surface area contributed by atoms with Crippen LogP contribution in [-0.2, 0) is 12.8 Å². The van der Waals surface area contributed by atoms with E-state index in [9.17, 15) is 4.79 Å². The maximum atomic E-state index is 12.1. The number of nitrogens with zero attached hydrogens (tertiary/aromatic N) is 1. The topological polar surface area (TPSA) is 53.6 Å². The predicted octanol–water partition coefficient (Wildman–Crippen LogP) is 4.10. The Hall–Kier alpha value is -2.40. The van der Waals surface area contributed by atoms with Gasteiger partial charge in [-0.25, -0.2) is 4.79 Å². The van der Waals surface area contributed by atoms with Gasteiger partial charge in [0.25, 0.3) is 0 Å². The van der Waals surface area contributed by atoms with E-state index in [1.165, 1.54) is 23.2 Å². The van der Waals surface area contributed by atoms with Crippen LogP contribution >= 0.6 is 11.6 Å². The number of anilines is 2. The third kappa shape index (κ3) is 4.41. The Morgan fingerprint density at radius 3 is 2.92 bits per heavy atom. The molecule has 2 aromatic rings. The van der Waals surface area contributed by atoms with E-state index in [-0.39, 0.29) is 6.03 Å². The fraction of sp³-hybridized carbons (Fsp3) is 0.350. The van der Waals surface area contributed by atoms with Gasteiger partial charge >= 0.3 is 6.03 Å². The summed E-state index contributed by atoms with van der Waals surface area (Å²) in [4.78, 5) is 14.4. The fourth-order valence-electron chi connectivity index (χ4n) is 3.26. The molecule has 0 aromatic heterocycles. The molecule has 0 unspecified atom stereocenters. The number of aryl methyl sites for hydroxylation is 1. The van der Waals surface area contributed by atoms with Crippen LogP contribution in [0, 0.1) is 0 Å². The highest BCUT2D eigenvalue weighted by Gasteiger charge is 2.13. The van der Waals surface area contributed by atoms with Crippen LogP contribution in [0.25, 0.3) is 0 Å². The van der Waals surface area contributed by atoms with Gasteiger partial charge in [0.05, 0.1) is 12.8 Å². The Kier molecular flexibility index (Phi) is 5.89. The number of carbonyl (C=O) groups is 1. The summed E-state index contributed by atoms with van der Waals surface area (Å²) in [5, 5.41) is 6.20. The van der Waals surface area contributed by atoms with Gasteiger partial charge < -0.3 is 20.3 Å². The van der Waals surface area contributed by atoms with Gasteiger partial charge in [-0.2, -0.15) is 0 Å². The van der Waals surface area contributed by atoms with Crippen LogP contribution in [0.2, 0.25) is 5.02 Å². The molecule has 1 aliphatic rings. The first-order valence-electron chi connectivity index (χ1n) is 8.78. The Morgan fingerprint density at radius 2 is 2.12 bits per heavy atom. The van der Waals surface area contributed by atoms with Crippen molar-refractivity contribution in [2.24, 2.45) is 0 Å². The zero-order valence-electron chi connectivity index (χ0n) is 15.1. The predicted molar refractivity (Wildman–Crippen MR) is 107 cm³/mol. The van der Waals surface area contributed by atoms with E-state index in [1.54, 1.807) is 25.3 Å². The number of nitrogens with one attached hydrogen (secondary N) is 2. The Labute approximate surface area is 159 Å². The molecule has 0 fully saturated rings. The molecule has 0 aliphatic carbocycles. The summed E-state index contributed by atoms with van der Waals surface area (Å²) in [6.07, 6.45) is 3.10. The first-order chi connectivity index (χ1) is 12.6. The zero-order chi connectivity index (χ0) is 18.5. The standard InChI is InChI=1S/C20H24ClN3O2/c1-24-11-3-4-15-12-14(5-7-18(15)24)9-10-22-20(25)23-17-13-16(21)6-8-19(17)26-2/h5-8,12-13H,3-4,9-11H2,1-2H3,(H2,22,23,25). The van der Waals surface area contributed by atoms with Gasteiger partial charge in [0.2, 0.25) is 0 Å². The monoisotopic (exact) mass is 373 g/mol. The van der Waals surface area contributed by atoms with E-state index in [0.29, 0.717) is 23.0 Å². The van der Waals surface area contributed by atoms with Crippen molar-refractivity contribution in [2.45, 2.75) is 19.3 Å². The first kappa shape index (κ1) is 18.4. The minimum absolute atomic E-state index is 0.275. The highest BCUT2D eigenvalue weighted by molar-refractivity contribution is 6.31. The van der Waals surface area contributed by atoms with Crippen molar-refractivity contribution < 1.29 is 9.53 Å². The molecule has 2 amide bonds. The van der Waals surface area contributed by atoms with E-state index in [4.69, 9.17) is 16.3 Å². The molecule has 0 radical (unpaired) electrons. The van der Waals surface area contributed by atoms with Crippen molar-refractivity contribution in [3.05, 3.63) is 52.5 Å². The second kappa shape index (κ2) is 8.32. The number of benzene rings is 2. The van der Waals surface area contributed by atoms with Crippen molar-refractivity contribution in [1.82, 2.24) is 5.32 Å². The van der Waals surface area contributed by atoms with E-state index in [0.717, 1.165) is 19.4 Å². The van der Waals surface area contributed by atoms with Crippen molar-refractivity contribution in [1.29, 1.82) is 0 Å². The van der Waals surface area contributed by atoms with Gasteiger partial charge in [-0.1, -0.05) is 23.7 Å². The SMILES string of the molecule is COc1ccc(Cl)cc1NC(=O)NCCc1ccc2c(c1)CCCN2C. The summed E-state index contributed by atoms with van der Waals surface area (Å²) in [7, 11) is 3.69. The average Bonchev–Trinajstić information content (AvgIpc) is 2.62. The number of methoxy groups -OCH3 is 1. The fourth-order valence-corrected chi connectivity index (χ4v) is 3.43. The molecule has 26 heavy (non-hydrogen) atoms. The summed E-state index contributed by atoms with van der Waals surface area (Å²) < 4.78 is 5.23. The Bertz CT molecular complexity index is 795. The lowest BCUT2D eigenvalue weighted by Crippen LogP contribution is -2.30. The molecule has 1 heterocycles. The summed E-state index contributed by atoms with van der Waals surface area (Å²) in [6, 6.07) is 11.4. The minimum Gasteiger partial charge on any atom is -0.495 e. The number of amides is 2. The summed E-state index contributed by atoms with van der Waals surface area (Å²) in [5.41, 5.74) is 4.50. The van der Waals surface area contributed by atoms with E-state index in [2.05, 4.69) is 40.8 Å². The molecule has 0 spiro atoms. The molecule has 0 bridgehead atoms. The van der Waals surface area contributed by atoms with Crippen LogP contribution in [0.3, 0.4) is 0 Å². The molecule has 6 heteroatoms. The first-order valence-corrected chi connectivity index (χ1v) is 9.16. The minimum atomic E-state index is -0.275. The van der Waals surface area contributed by atoms with E-state index < -0.39 is 0 Å². The van der Waals surface area contributed by atoms with E-state index in [1.807, 2.05) is 0 Å². The van der Waals surface area contributed by atoms with Crippen LogP contribution in [-0.4, -0.2) is 33.3 Å². The molecular weight excluding hydrogens is 350 g/mol. The van der Waals surface area contributed by atoms with Crippen LogP contribution in [0.1, 0.15) is 17.5 Å². The number of carbonyl (C=O) groups excluding carboxylic acids is 1. The van der Waals surface area contributed by atoms with Gasteiger partial charge in [-0.05, 0) is 54.7 Å². The number of rotatable bonds is 5. The van der Waals surface area contributed by atoms with Gasteiger partial charge in [-0.15, -0.1) is 0 Å². The number of hydrogen-bond acceptors (Lipinski definition) is 3. The quantitative estimate of drug-likeness (QED) is 0.829. The molecule has 0 atom stereocenters. The lowest BCUT2D eigenvalue weighted by Gasteiger charge is -2.27. The van der Waals surface area contributed by atoms with Crippen molar-refractivity contribution in [2.75, 3.05) is 37.5 Å². The molecule has 5 nitrogen and oxygen atoms in total. The second-order valence-corrected chi connectivity index (χ2v) is 6.90. The van der Waals surface area contributed by atoms with Crippen LogP contribution in [0.4, 0.5) is 16.2 Å². The summed E-state index contributed by atoms with van der Waals surface area (Å²) in [6.45, 7) is 1.67. The number of urea groups is 1. The maximum Gasteiger partial charge on any atom is 0.319 e. The summed E-state index contributed by atoms with van der Waals surface area (Å²) in [5.74, 6) is 0.573. The zero-order valence-corrected chi connectivity index (χ0v) is 15.9. The highest BCUT2D eigenvalue weighted by Crippen LogP contribution is 2.28. The van der Waals surface area contributed by atoms with Gasteiger partial charge in [0.15, 0.2) is 0 Å². The van der Waals surface area contributed by atoms with Crippen molar-refractivity contribution >= 4 is 29.0 Å². The van der Waals surface area contributed by atoms with Gasteiger partial charge in [-0.3, -0.25) is 0 Å². The maximum absolute atomic E-state index is 12.1. The van der Waals surface area contributed by atoms with Crippen molar-refractivity contribution in [3.8, 4) is 5.75 Å². The average molecular weight is 374 g/mol. The lowest BCUT2D eigenvalue weighted by atomic mass is 9.98. The van der Waals surface area contributed by atoms with E-state index >= 15 is 0 Å². The number of ether oxygens (including phenoxy) is 1. The molecule has 2 aromatic carbocycles. The highest BCUT2D eigenvalue weighted by atomic mass is 35.5. The molecule has 0 saturated carbocycles. The molecular formula is C20H24ClN3O2. The third-order valence-electron chi connectivity index (χ3n) is 4.60. The number of hydrogen-bond donors (Lipinski definition) is 2. The van der Waals surface area contributed by atoms with Gasteiger partial charge in [0.1, 0.15) is 5.75 Å². The smallest absolute Gasteiger partial charge is 0.319 e. The molecule has 138 valence electrons. The molecule has 0 saturated heterocycles. The second-order valence-electron chi connectivity index (χ2n) is 6.46. The number of halogens is 1. The largest absolute Gasteiger partial charge is 0.495 e.